The summed E-state index contributed by atoms with van der Waals surface area (Å²) in [6.45, 7) is 0. The van der Waals surface area contributed by atoms with Crippen LogP contribution in [-0.2, 0) is 0 Å². The molecule has 0 fully saturated rings. The number of nitrogens with zero attached hydrogens (tertiary/aromatic N) is 3. The van der Waals surface area contributed by atoms with Crippen molar-refractivity contribution < 1.29 is 0 Å². The Kier molecular flexibility index (Phi) is 8.15. The average Bonchev–Trinajstić information content (AvgIpc) is 3.31. The van der Waals surface area contributed by atoms with E-state index in [4.69, 9.17) is 15.0 Å². The second-order valence-electron chi connectivity index (χ2n) is 14.8. The molecule has 0 saturated heterocycles. The van der Waals surface area contributed by atoms with Crippen LogP contribution in [0.4, 0.5) is 0 Å². The van der Waals surface area contributed by atoms with Crippen LogP contribution in [0.5, 0.6) is 0 Å². The molecular weight excluding hydrogens is 703 g/mol. The molecule has 0 aliphatic heterocycles. The molecule has 2 heterocycles. The predicted molar refractivity (Wildman–Crippen MR) is 242 cm³/mol. The van der Waals surface area contributed by atoms with Crippen molar-refractivity contribution >= 4 is 43.2 Å². The summed E-state index contributed by atoms with van der Waals surface area (Å²) >= 11 is 0. The molecule has 0 atom stereocenters. The number of para-hydroxylation sites is 1. The minimum Gasteiger partial charge on any atom is -0.247 e. The Hall–Kier alpha value is -7.75. The van der Waals surface area contributed by atoms with Crippen LogP contribution in [0.2, 0.25) is 0 Å². The molecule has 0 radical (unpaired) electrons. The lowest BCUT2D eigenvalue weighted by atomic mass is 9.90. The van der Waals surface area contributed by atoms with Crippen LogP contribution < -0.4 is 0 Å². The lowest BCUT2D eigenvalue weighted by Gasteiger charge is -2.18. The first kappa shape index (κ1) is 33.6. The van der Waals surface area contributed by atoms with Gasteiger partial charge in [0.05, 0.1) is 22.6 Å². The fourth-order valence-electron chi connectivity index (χ4n) is 8.42. The molecule has 11 aromatic rings. The molecule has 0 amide bonds. The Morgan fingerprint density at radius 3 is 1.41 bits per heavy atom. The van der Waals surface area contributed by atoms with E-state index in [1.165, 1.54) is 27.3 Å². The summed E-state index contributed by atoms with van der Waals surface area (Å²) in [5.74, 6) is 0.688. The highest BCUT2D eigenvalue weighted by Crippen LogP contribution is 2.43. The van der Waals surface area contributed by atoms with Gasteiger partial charge in [-0.05, 0) is 56.4 Å². The third-order valence-corrected chi connectivity index (χ3v) is 11.2. The van der Waals surface area contributed by atoms with Crippen molar-refractivity contribution in [2.24, 2.45) is 0 Å². The normalized spacial score (nSPS) is 11.4. The maximum atomic E-state index is 5.42. The average molecular weight is 738 g/mol. The quantitative estimate of drug-likeness (QED) is 0.160. The van der Waals surface area contributed by atoms with E-state index in [2.05, 4.69) is 194 Å². The van der Waals surface area contributed by atoms with Gasteiger partial charge in [-0.15, -0.1) is 0 Å². The molecule has 3 nitrogen and oxygen atoms in total. The zero-order valence-corrected chi connectivity index (χ0v) is 31.5. The highest BCUT2D eigenvalue weighted by molar-refractivity contribution is 6.17. The van der Waals surface area contributed by atoms with Gasteiger partial charge in [0.15, 0.2) is 5.82 Å². The van der Waals surface area contributed by atoms with E-state index in [9.17, 15) is 0 Å². The summed E-state index contributed by atoms with van der Waals surface area (Å²) in [6, 6.07) is 75.1. The van der Waals surface area contributed by atoms with Crippen molar-refractivity contribution in [2.75, 3.05) is 0 Å². The Balaban J connectivity index is 1.15. The second kappa shape index (κ2) is 14.1. The number of hydrogen-bond acceptors (Lipinski definition) is 3. The summed E-state index contributed by atoms with van der Waals surface area (Å²) in [5.41, 5.74) is 12.2. The highest BCUT2D eigenvalue weighted by atomic mass is 14.9. The molecular formula is C55H35N3. The van der Waals surface area contributed by atoms with Crippen molar-refractivity contribution in [3.05, 3.63) is 212 Å². The largest absolute Gasteiger partial charge is 0.247 e. The van der Waals surface area contributed by atoms with Crippen LogP contribution in [0.3, 0.4) is 0 Å². The smallest absolute Gasteiger partial charge is 0.160 e. The van der Waals surface area contributed by atoms with E-state index in [-0.39, 0.29) is 0 Å². The lowest BCUT2D eigenvalue weighted by molar-refractivity contribution is 1.19. The molecule has 0 aliphatic carbocycles. The predicted octanol–water partition coefficient (Wildman–Crippen LogP) is 14.5. The van der Waals surface area contributed by atoms with Gasteiger partial charge in [-0.3, -0.25) is 0 Å². The fraction of sp³-hybridized carbons (Fsp3) is 0. The molecule has 0 spiro atoms. The fourth-order valence-corrected chi connectivity index (χ4v) is 8.42. The standard InChI is InChI=1S/C55H35N3/c1-3-16-38(17-4-1)46-23-13-24-48-51(46)47-22-11-12-25-49(47)56-52(48)40-30-28-39(29-31-40)50-53(44-32-26-36-14-7-9-20-42(36)34-44)57-55(41-18-5-2-6-19-41)58-54(50)45-33-27-37-15-8-10-21-43(37)35-45/h1-35H. The van der Waals surface area contributed by atoms with Crippen molar-refractivity contribution in [1.82, 2.24) is 15.0 Å². The number of hydrogen-bond donors (Lipinski definition) is 0. The lowest BCUT2D eigenvalue weighted by Crippen LogP contribution is -2.01. The monoisotopic (exact) mass is 737 g/mol. The maximum absolute atomic E-state index is 5.42. The first-order valence-electron chi connectivity index (χ1n) is 19.7. The molecule has 0 unspecified atom stereocenters. The van der Waals surface area contributed by atoms with E-state index in [0.717, 1.165) is 77.5 Å². The highest BCUT2D eigenvalue weighted by Gasteiger charge is 2.22. The van der Waals surface area contributed by atoms with Gasteiger partial charge in [0.1, 0.15) is 0 Å². The van der Waals surface area contributed by atoms with Crippen molar-refractivity contribution in [3.63, 3.8) is 0 Å². The Morgan fingerprint density at radius 1 is 0.276 bits per heavy atom. The Morgan fingerprint density at radius 2 is 0.776 bits per heavy atom. The van der Waals surface area contributed by atoms with Gasteiger partial charge in [0.25, 0.3) is 0 Å². The number of aromatic nitrogens is 3. The first-order valence-corrected chi connectivity index (χ1v) is 19.7. The van der Waals surface area contributed by atoms with E-state index in [1.54, 1.807) is 0 Å². The molecule has 2 aromatic heterocycles. The van der Waals surface area contributed by atoms with Crippen LogP contribution >= 0.6 is 0 Å². The van der Waals surface area contributed by atoms with Gasteiger partial charge in [-0.2, -0.15) is 0 Å². The van der Waals surface area contributed by atoms with Crippen LogP contribution in [-0.4, -0.2) is 15.0 Å². The van der Waals surface area contributed by atoms with Gasteiger partial charge >= 0.3 is 0 Å². The number of pyridine rings is 1. The van der Waals surface area contributed by atoms with Gasteiger partial charge in [-0.25, -0.2) is 15.0 Å². The summed E-state index contributed by atoms with van der Waals surface area (Å²) < 4.78 is 0. The van der Waals surface area contributed by atoms with E-state index < -0.39 is 0 Å². The van der Waals surface area contributed by atoms with Crippen LogP contribution in [0.15, 0.2) is 212 Å². The number of benzene rings is 9. The van der Waals surface area contributed by atoms with Gasteiger partial charge in [0, 0.05) is 44.0 Å². The molecule has 11 rings (SSSR count). The molecule has 0 aliphatic rings. The second-order valence-corrected chi connectivity index (χ2v) is 14.8. The maximum Gasteiger partial charge on any atom is 0.160 e. The van der Waals surface area contributed by atoms with Crippen LogP contribution in [0.25, 0.3) is 111 Å². The zero-order chi connectivity index (χ0) is 38.4. The van der Waals surface area contributed by atoms with Crippen LogP contribution in [0, 0.1) is 0 Å². The molecule has 9 aromatic carbocycles. The summed E-state index contributed by atoms with van der Waals surface area (Å²) in [7, 11) is 0. The Bertz CT molecular complexity index is 3220. The molecule has 0 bridgehead atoms. The third kappa shape index (κ3) is 5.89. The molecule has 0 N–H and O–H groups in total. The van der Waals surface area contributed by atoms with Gasteiger partial charge < -0.3 is 0 Å². The van der Waals surface area contributed by atoms with Gasteiger partial charge in [0.2, 0.25) is 0 Å². The molecule has 58 heavy (non-hydrogen) atoms. The van der Waals surface area contributed by atoms with E-state index in [1.807, 2.05) is 18.2 Å². The third-order valence-electron chi connectivity index (χ3n) is 11.2. The van der Waals surface area contributed by atoms with Crippen molar-refractivity contribution in [1.29, 1.82) is 0 Å². The summed E-state index contributed by atoms with van der Waals surface area (Å²) in [4.78, 5) is 16.2. The zero-order valence-electron chi connectivity index (χ0n) is 31.5. The van der Waals surface area contributed by atoms with Gasteiger partial charge in [-0.1, -0.05) is 194 Å². The Labute approximate surface area is 336 Å². The number of rotatable bonds is 6. The number of fused-ring (bicyclic) bond motifs is 5. The van der Waals surface area contributed by atoms with Crippen molar-refractivity contribution in [3.8, 4) is 67.4 Å². The SMILES string of the molecule is c1ccc(-c2nc(-c3ccc4ccccc4c3)c(-c3ccc(-c4nc5ccccc5c5c(-c6ccccc6)cccc45)cc3)c(-c3ccc4ccccc4c3)n2)cc1. The minimum absolute atomic E-state index is 0.688. The first-order chi connectivity index (χ1) is 28.7. The summed E-state index contributed by atoms with van der Waals surface area (Å²) in [6.07, 6.45) is 0. The van der Waals surface area contributed by atoms with Crippen LogP contribution in [0.1, 0.15) is 0 Å². The molecule has 270 valence electrons. The molecule has 3 heteroatoms. The topological polar surface area (TPSA) is 38.7 Å². The van der Waals surface area contributed by atoms with Crippen molar-refractivity contribution in [2.45, 2.75) is 0 Å². The van der Waals surface area contributed by atoms with E-state index >= 15 is 0 Å². The summed E-state index contributed by atoms with van der Waals surface area (Å²) in [5, 5.41) is 8.19. The van der Waals surface area contributed by atoms with E-state index in [0.29, 0.717) is 5.82 Å². The minimum atomic E-state index is 0.688. The molecule has 0 saturated carbocycles.